The lowest BCUT2D eigenvalue weighted by Gasteiger charge is -2.34. The van der Waals surface area contributed by atoms with Crippen LogP contribution in [-0.4, -0.2) is 23.8 Å². The maximum absolute atomic E-state index is 14.1. The maximum Gasteiger partial charge on any atom is 0.160 e. The van der Waals surface area contributed by atoms with E-state index < -0.39 is 0 Å². The van der Waals surface area contributed by atoms with Crippen molar-refractivity contribution in [1.82, 2.24) is 0 Å². The molecule has 0 heterocycles. The molecule has 4 nitrogen and oxygen atoms in total. The molecule has 0 aromatic heterocycles. The summed E-state index contributed by atoms with van der Waals surface area (Å²) in [5, 5.41) is 10.8. The van der Waals surface area contributed by atoms with Crippen LogP contribution in [0, 0.1) is 35.5 Å². The van der Waals surface area contributed by atoms with Gasteiger partial charge in [0.2, 0.25) is 0 Å². The van der Waals surface area contributed by atoms with Gasteiger partial charge in [-0.15, -0.1) is 0 Å². The first-order valence-corrected chi connectivity index (χ1v) is 16.0. The van der Waals surface area contributed by atoms with E-state index in [-0.39, 0.29) is 47.4 Å². The highest BCUT2D eigenvalue weighted by Gasteiger charge is 2.40. The van der Waals surface area contributed by atoms with Crippen LogP contribution < -0.4 is 4.74 Å². The summed E-state index contributed by atoms with van der Waals surface area (Å²) >= 11 is 0. The zero-order chi connectivity index (χ0) is 29.2. The van der Waals surface area contributed by atoms with Crippen LogP contribution in [0.15, 0.2) is 42.5 Å². The number of benzene rings is 2. The van der Waals surface area contributed by atoms with E-state index in [0.29, 0.717) is 24.5 Å². The van der Waals surface area contributed by atoms with Crippen molar-refractivity contribution in [3.8, 4) is 23.3 Å². The number of hydrogen-bond acceptors (Lipinski definition) is 4. The van der Waals surface area contributed by atoms with E-state index >= 15 is 0 Å². The van der Waals surface area contributed by atoms with Crippen molar-refractivity contribution >= 4 is 11.6 Å². The summed E-state index contributed by atoms with van der Waals surface area (Å²) in [6.45, 7) is 4.47. The third-order valence-corrected chi connectivity index (χ3v) is 9.37. The van der Waals surface area contributed by atoms with Gasteiger partial charge in [-0.3, -0.25) is 9.59 Å². The fraction of sp³-hybridized carbons (Fsp3) is 0.568. The smallest absolute Gasteiger partial charge is 0.160 e. The number of ether oxygens (including phenoxy) is 1. The number of unbranched alkanes of at least 4 members (excludes halogenated alkanes) is 3. The van der Waals surface area contributed by atoms with Gasteiger partial charge in [-0.2, -0.15) is 0 Å². The summed E-state index contributed by atoms with van der Waals surface area (Å²) in [7, 11) is 1.53. The first kappa shape index (κ1) is 30.9. The van der Waals surface area contributed by atoms with Crippen LogP contribution in [-0.2, 0) is 16.0 Å². The summed E-state index contributed by atoms with van der Waals surface area (Å²) in [5.41, 5.74) is 2.89. The van der Waals surface area contributed by atoms with Crippen LogP contribution in [0.2, 0.25) is 0 Å². The zero-order valence-corrected chi connectivity index (χ0v) is 25.3. The fourth-order valence-electron chi connectivity index (χ4n) is 7.21. The molecule has 2 aliphatic rings. The molecular weight excluding hydrogens is 508 g/mol. The average Bonchev–Trinajstić information content (AvgIpc) is 3.14. The Labute approximate surface area is 247 Å². The monoisotopic (exact) mass is 556 g/mol. The van der Waals surface area contributed by atoms with Gasteiger partial charge in [0.1, 0.15) is 11.6 Å². The lowest BCUT2D eigenvalue weighted by molar-refractivity contribution is -0.131. The number of rotatable bonds is 9. The first-order chi connectivity index (χ1) is 20.0. The number of carbonyl (C=O) groups is 2. The van der Waals surface area contributed by atoms with Gasteiger partial charge in [-0.05, 0) is 59.9 Å². The molecule has 4 heteroatoms. The molecule has 1 fully saturated rings. The first-order valence-electron chi connectivity index (χ1n) is 16.0. The van der Waals surface area contributed by atoms with Crippen LogP contribution in [0.4, 0.5) is 0 Å². The predicted octanol–water partition coefficient (Wildman–Crippen LogP) is 8.43. The second kappa shape index (κ2) is 15.2. The van der Waals surface area contributed by atoms with Crippen molar-refractivity contribution < 1.29 is 19.4 Å². The maximum atomic E-state index is 14.1. The van der Waals surface area contributed by atoms with Crippen molar-refractivity contribution in [2.24, 2.45) is 23.7 Å². The molecule has 41 heavy (non-hydrogen) atoms. The molecular formula is C37H48O4. The van der Waals surface area contributed by atoms with E-state index in [0.717, 1.165) is 68.1 Å². The minimum absolute atomic E-state index is 0.000286. The number of fused-ring (bicyclic) bond motifs is 2. The Balaban J connectivity index is 1.84. The molecule has 0 amide bonds. The highest BCUT2D eigenvalue weighted by atomic mass is 16.5. The van der Waals surface area contributed by atoms with Gasteiger partial charge in [0.25, 0.3) is 0 Å². The minimum Gasteiger partial charge on any atom is -0.504 e. The molecule has 0 radical (unpaired) electrons. The number of Topliss-reactive ketones (excluding diaryl/α,β-unsaturated/α-hetero) is 2. The van der Waals surface area contributed by atoms with Gasteiger partial charge in [0.15, 0.2) is 11.5 Å². The molecule has 5 unspecified atom stereocenters. The summed E-state index contributed by atoms with van der Waals surface area (Å²) in [6.07, 6.45) is 11.9. The van der Waals surface area contributed by atoms with Crippen LogP contribution in [0.25, 0.3) is 0 Å². The van der Waals surface area contributed by atoms with E-state index in [9.17, 15) is 14.7 Å². The fourth-order valence-corrected chi connectivity index (χ4v) is 7.21. The number of phenolic OH excluding ortho intramolecular Hbond substituents is 1. The number of ketones is 2. The third kappa shape index (κ3) is 7.82. The second-order valence-corrected chi connectivity index (χ2v) is 12.2. The van der Waals surface area contributed by atoms with Crippen LogP contribution >= 0.6 is 0 Å². The molecule has 0 bridgehead atoms. The molecule has 0 saturated heterocycles. The Morgan fingerprint density at radius 1 is 0.927 bits per heavy atom. The number of aromatic hydroxyl groups is 1. The van der Waals surface area contributed by atoms with Crippen molar-refractivity contribution in [2.75, 3.05) is 7.11 Å². The Bertz CT molecular complexity index is 1220. The van der Waals surface area contributed by atoms with Gasteiger partial charge in [0, 0.05) is 18.3 Å². The van der Waals surface area contributed by atoms with Gasteiger partial charge in [-0.25, -0.2) is 0 Å². The van der Waals surface area contributed by atoms with Gasteiger partial charge >= 0.3 is 0 Å². The summed E-state index contributed by atoms with van der Waals surface area (Å²) in [5.74, 6) is 8.16. The van der Waals surface area contributed by atoms with Crippen molar-refractivity contribution in [3.63, 3.8) is 0 Å². The number of aryl methyl sites for hydroxylation is 1. The summed E-state index contributed by atoms with van der Waals surface area (Å²) in [4.78, 5) is 27.4. The van der Waals surface area contributed by atoms with Gasteiger partial charge in [0.05, 0.1) is 19.4 Å². The SMILES string of the molecule is CCCCCC1C(CCCC)CCCC2C#CC(c3ccccc3)c3cc(O)c(OC)cc3CCC(=O)CC(=O)C21. The lowest BCUT2D eigenvalue weighted by atomic mass is 9.69. The zero-order valence-electron chi connectivity index (χ0n) is 25.3. The molecule has 0 aliphatic heterocycles. The quantitative estimate of drug-likeness (QED) is 0.191. The topological polar surface area (TPSA) is 63.6 Å². The van der Waals surface area contributed by atoms with Crippen LogP contribution in [0.3, 0.4) is 0 Å². The molecule has 1 saturated carbocycles. The number of hydrogen-bond donors (Lipinski definition) is 1. The van der Waals surface area contributed by atoms with E-state index in [1.54, 1.807) is 6.07 Å². The molecule has 220 valence electrons. The second-order valence-electron chi connectivity index (χ2n) is 12.2. The Morgan fingerprint density at radius 3 is 2.44 bits per heavy atom. The molecule has 1 N–H and O–H groups in total. The van der Waals surface area contributed by atoms with E-state index in [2.05, 4.69) is 37.8 Å². The highest BCUT2D eigenvalue weighted by Crippen LogP contribution is 2.44. The van der Waals surface area contributed by atoms with E-state index in [4.69, 9.17) is 4.74 Å². The van der Waals surface area contributed by atoms with Crippen molar-refractivity contribution in [2.45, 2.75) is 103 Å². The summed E-state index contributed by atoms with van der Waals surface area (Å²) in [6, 6.07) is 13.8. The van der Waals surface area contributed by atoms with Gasteiger partial charge in [-0.1, -0.05) is 107 Å². The Kier molecular flexibility index (Phi) is 11.5. The highest BCUT2D eigenvalue weighted by molar-refractivity contribution is 6.00. The molecule has 0 spiro atoms. The Hall–Kier alpha value is -3.06. The van der Waals surface area contributed by atoms with Crippen LogP contribution in [0.1, 0.15) is 114 Å². The predicted molar refractivity (Wildman–Crippen MR) is 165 cm³/mol. The normalized spacial score (nSPS) is 25.0. The number of phenols is 1. The molecule has 5 atom stereocenters. The van der Waals surface area contributed by atoms with Crippen molar-refractivity contribution in [3.05, 3.63) is 59.2 Å². The lowest BCUT2D eigenvalue weighted by Crippen LogP contribution is -2.34. The standard InChI is InChI=1S/C37H48O4/c1-4-6-9-18-32-27(13-7-5-2)16-12-17-28-20-22-31(26-14-10-8-11-15-26)33-25-34(39)36(41-3)23-29(33)19-21-30(38)24-35(40)37(28)32/h8,10-11,14-15,23,25,27-28,31-32,37,39H,4-7,9,12-13,16-19,21,24H2,1-3H3. The molecule has 2 aromatic rings. The summed E-state index contributed by atoms with van der Waals surface area (Å²) < 4.78 is 5.42. The molecule has 4 rings (SSSR count). The average molecular weight is 557 g/mol. The number of methoxy groups -OCH3 is 1. The van der Waals surface area contributed by atoms with Crippen molar-refractivity contribution in [1.29, 1.82) is 0 Å². The Morgan fingerprint density at radius 2 is 1.71 bits per heavy atom. The molecule has 2 aromatic carbocycles. The third-order valence-electron chi connectivity index (χ3n) is 9.37. The van der Waals surface area contributed by atoms with Gasteiger partial charge < -0.3 is 9.84 Å². The molecule has 2 aliphatic carbocycles. The minimum atomic E-state index is -0.272. The van der Waals surface area contributed by atoms with E-state index in [1.165, 1.54) is 20.0 Å². The van der Waals surface area contributed by atoms with Crippen LogP contribution in [0.5, 0.6) is 11.5 Å². The van der Waals surface area contributed by atoms with E-state index in [1.807, 2.05) is 24.3 Å². The largest absolute Gasteiger partial charge is 0.504 e. The number of carbonyl (C=O) groups excluding carboxylic acids is 2.